The number of amides is 2. The van der Waals surface area contributed by atoms with E-state index in [4.69, 9.17) is 28.3 Å². The van der Waals surface area contributed by atoms with Crippen molar-refractivity contribution in [2.75, 3.05) is 6.26 Å². The number of alkyl halides is 2. The molecule has 252 valence electrons. The van der Waals surface area contributed by atoms with Crippen LogP contribution in [-0.2, 0) is 43.4 Å². The topological polar surface area (TPSA) is 142 Å². The largest absolute Gasteiger partial charge is 0.477 e. The van der Waals surface area contributed by atoms with Crippen LogP contribution in [0, 0.1) is 0 Å². The number of fused-ring (bicyclic) bond motifs is 1. The molecule has 10 nitrogen and oxygen atoms in total. The normalized spacial score (nSPS) is 19.6. The van der Waals surface area contributed by atoms with Crippen LogP contribution in [0.1, 0.15) is 64.3 Å². The van der Waals surface area contributed by atoms with Gasteiger partial charge in [-0.15, -0.1) is 0 Å². The fourth-order valence-corrected chi connectivity index (χ4v) is 7.22. The number of rotatable bonds is 10. The van der Waals surface area contributed by atoms with Gasteiger partial charge in [-0.05, 0) is 54.2 Å². The predicted molar refractivity (Wildman–Crippen MR) is 172 cm³/mol. The third-order valence-corrected chi connectivity index (χ3v) is 9.25. The van der Waals surface area contributed by atoms with Crippen molar-refractivity contribution in [3.05, 3.63) is 105 Å². The average Bonchev–Trinajstić information content (AvgIpc) is 3.01. The number of sulfonamides is 1. The molecule has 3 aromatic carbocycles. The van der Waals surface area contributed by atoms with Crippen LogP contribution in [0.2, 0.25) is 10.0 Å². The van der Waals surface area contributed by atoms with Gasteiger partial charge in [0.15, 0.2) is 0 Å². The minimum atomic E-state index is -3.92. The molecule has 3 N–H and O–H groups in total. The number of halogens is 4. The van der Waals surface area contributed by atoms with E-state index in [0.29, 0.717) is 40.4 Å². The maximum Gasteiger partial charge on any atom is 0.379 e. The van der Waals surface area contributed by atoms with Gasteiger partial charge >= 0.3 is 11.9 Å². The maximum absolute atomic E-state index is 13.7. The summed E-state index contributed by atoms with van der Waals surface area (Å²) in [6.07, 6.45) is 5.42. The Morgan fingerprint density at radius 1 is 1.09 bits per heavy atom. The van der Waals surface area contributed by atoms with E-state index < -0.39 is 27.5 Å². The fourth-order valence-electron chi connectivity index (χ4n) is 5.86. The van der Waals surface area contributed by atoms with Crippen LogP contribution in [0.15, 0.2) is 66.7 Å². The van der Waals surface area contributed by atoms with Crippen molar-refractivity contribution >= 4 is 51.5 Å². The summed E-state index contributed by atoms with van der Waals surface area (Å²) in [5, 5.41) is 9.36. The molecule has 3 atom stereocenters. The van der Waals surface area contributed by atoms with E-state index in [1.807, 2.05) is 40.7 Å². The summed E-state index contributed by atoms with van der Waals surface area (Å²) in [5.74, 6) is -6.20. The smallest absolute Gasteiger partial charge is 0.379 e. The quantitative estimate of drug-likeness (QED) is 0.141. The number of carboxylic acid groups (broad SMARTS) is 1. The maximum atomic E-state index is 13.7. The van der Waals surface area contributed by atoms with Gasteiger partial charge in [0.2, 0.25) is 16.4 Å². The van der Waals surface area contributed by atoms with E-state index in [0.717, 1.165) is 42.5 Å². The molecule has 1 aliphatic heterocycles. The second kappa shape index (κ2) is 15.5. The average molecular weight is 713 g/mol. The highest BCUT2D eigenvalue weighted by molar-refractivity contribution is 7.88. The molecule has 5 rings (SSSR count). The molecule has 0 unspecified atom stereocenters. The molecule has 1 aliphatic carbocycles. The zero-order valence-corrected chi connectivity index (χ0v) is 27.5. The highest BCUT2D eigenvalue weighted by atomic mass is 35.5. The SMILES string of the molecule is CS(=O)(=O)N[C@H]1CCCC[C@@H]1N1C(=O)c2ccccc2C[C@@H]1c1ccc(Cl)cc1Cl.O=CNOCc1ccc(C(F)(F)C(=O)O)cc1. The van der Waals surface area contributed by atoms with Crippen LogP contribution < -0.4 is 10.2 Å². The van der Waals surface area contributed by atoms with Crippen molar-refractivity contribution in [2.24, 2.45) is 0 Å². The minimum absolute atomic E-state index is 0.00232. The van der Waals surface area contributed by atoms with Crippen LogP contribution in [0.25, 0.3) is 0 Å². The van der Waals surface area contributed by atoms with Crippen molar-refractivity contribution < 1.29 is 41.5 Å². The third kappa shape index (κ3) is 9.05. The summed E-state index contributed by atoms with van der Waals surface area (Å²) >= 11 is 12.7. The molecule has 0 radical (unpaired) electrons. The number of carboxylic acids is 1. The number of nitrogens with zero attached hydrogens (tertiary/aromatic N) is 1. The van der Waals surface area contributed by atoms with Gasteiger partial charge in [0.05, 0.1) is 18.9 Å². The lowest BCUT2D eigenvalue weighted by Gasteiger charge is -2.46. The van der Waals surface area contributed by atoms with E-state index in [9.17, 15) is 31.6 Å². The van der Waals surface area contributed by atoms with Gasteiger partial charge in [-0.1, -0.05) is 84.6 Å². The molecule has 1 saturated carbocycles. The number of hydroxylamine groups is 1. The van der Waals surface area contributed by atoms with Crippen molar-refractivity contribution in [1.82, 2.24) is 15.1 Å². The Kier molecular flexibility index (Phi) is 12.0. The molecule has 0 aromatic heterocycles. The second-order valence-corrected chi connectivity index (χ2v) is 13.8. The minimum Gasteiger partial charge on any atom is -0.477 e. The molecular weight excluding hydrogens is 679 g/mol. The zero-order valence-electron chi connectivity index (χ0n) is 25.2. The van der Waals surface area contributed by atoms with Crippen molar-refractivity contribution in [2.45, 2.75) is 62.8 Å². The van der Waals surface area contributed by atoms with E-state index in [-0.39, 0.29) is 30.6 Å². The first-order valence-corrected chi connectivity index (χ1v) is 17.2. The molecule has 1 fully saturated rings. The molecule has 1 heterocycles. The van der Waals surface area contributed by atoms with Crippen molar-refractivity contribution in [3.8, 4) is 0 Å². The molecule has 2 aliphatic rings. The van der Waals surface area contributed by atoms with E-state index in [1.165, 1.54) is 18.4 Å². The zero-order chi connectivity index (χ0) is 34.4. The lowest BCUT2D eigenvalue weighted by Crippen LogP contribution is -2.57. The third-order valence-electron chi connectivity index (χ3n) is 7.96. The number of aliphatic carboxylic acids is 1. The molecular formula is C32H33Cl2F2N3O7S. The van der Waals surface area contributed by atoms with Gasteiger partial charge in [0.1, 0.15) is 0 Å². The molecule has 15 heteroatoms. The summed E-state index contributed by atoms with van der Waals surface area (Å²) in [6.45, 7) is -0.00232. The van der Waals surface area contributed by atoms with Crippen LogP contribution in [0.4, 0.5) is 8.78 Å². The standard InChI is InChI=1S/C22H24Cl2N2O3S.C10H9F2NO4/c1-30(28,29)25-19-8-4-5-9-20(19)26-21(17-11-10-15(23)13-18(17)24)12-14-6-2-3-7-16(14)22(26)27;11-10(12,9(15)16)8-3-1-7(2-4-8)5-17-13-6-14/h2-3,6-7,10-11,13,19-21,25H,4-5,8-9,12H2,1H3;1-4,6H,5H2,(H,13,14)(H,15,16)/t19-,20-,21+;/m0./s1. The number of hydrogen-bond donors (Lipinski definition) is 3. The Morgan fingerprint density at radius 2 is 1.77 bits per heavy atom. The van der Waals surface area contributed by atoms with Gasteiger partial charge in [-0.3, -0.25) is 14.4 Å². The summed E-state index contributed by atoms with van der Waals surface area (Å²) in [4.78, 5) is 40.3. The molecule has 0 saturated heterocycles. The van der Waals surface area contributed by atoms with Gasteiger partial charge in [0, 0.05) is 33.3 Å². The Hall–Kier alpha value is -3.62. The lowest BCUT2D eigenvalue weighted by atomic mass is 9.83. The van der Waals surface area contributed by atoms with Crippen LogP contribution in [0.5, 0.6) is 0 Å². The number of benzene rings is 3. The summed E-state index contributed by atoms with van der Waals surface area (Å²) in [6, 6.07) is 16.6. The molecule has 47 heavy (non-hydrogen) atoms. The number of carbonyl (C=O) groups is 3. The van der Waals surface area contributed by atoms with Crippen molar-refractivity contribution in [3.63, 3.8) is 0 Å². The van der Waals surface area contributed by atoms with Gasteiger partial charge in [0.25, 0.3) is 5.91 Å². The molecule has 2 amide bonds. The molecule has 0 bridgehead atoms. The Labute approximate surface area is 281 Å². The van der Waals surface area contributed by atoms with Gasteiger partial charge in [-0.2, -0.15) is 8.78 Å². The summed E-state index contributed by atoms with van der Waals surface area (Å²) in [7, 11) is -3.40. The highest BCUT2D eigenvalue weighted by Gasteiger charge is 2.43. The number of hydrogen-bond acceptors (Lipinski definition) is 6. The Bertz CT molecular complexity index is 1710. The first kappa shape index (κ1) is 36.2. The first-order valence-electron chi connectivity index (χ1n) is 14.6. The summed E-state index contributed by atoms with van der Waals surface area (Å²) in [5.41, 5.74) is 4.31. The predicted octanol–water partition coefficient (Wildman–Crippen LogP) is 5.63. The first-order chi connectivity index (χ1) is 22.2. The van der Waals surface area contributed by atoms with Gasteiger partial charge in [-0.25, -0.2) is 23.4 Å². The van der Waals surface area contributed by atoms with Crippen LogP contribution >= 0.6 is 23.2 Å². The second-order valence-electron chi connectivity index (χ2n) is 11.2. The highest BCUT2D eigenvalue weighted by Crippen LogP contribution is 2.41. The Morgan fingerprint density at radius 3 is 2.40 bits per heavy atom. The number of carbonyl (C=O) groups excluding carboxylic acids is 2. The summed E-state index contributed by atoms with van der Waals surface area (Å²) < 4.78 is 52.8. The van der Waals surface area contributed by atoms with Gasteiger partial charge < -0.3 is 10.0 Å². The number of nitrogens with one attached hydrogen (secondary N) is 2. The van der Waals surface area contributed by atoms with E-state index in [1.54, 1.807) is 12.1 Å². The molecule has 3 aromatic rings. The monoisotopic (exact) mass is 711 g/mol. The lowest BCUT2D eigenvalue weighted by molar-refractivity contribution is -0.166. The van der Waals surface area contributed by atoms with Crippen LogP contribution in [0.3, 0.4) is 0 Å². The van der Waals surface area contributed by atoms with Crippen LogP contribution in [-0.4, -0.2) is 55.1 Å². The fraction of sp³-hybridized carbons (Fsp3) is 0.344. The van der Waals surface area contributed by atoms with E-state index in [2.05, 4.69) is 9.56 Å². The van der Waals surface area contributed by atoms with E-state index >= 15 is 0 Å². The van der Waals surface area contributed by atoms with Crippen molar-refractivity contribution in [1.29, 1.82) is 0 Å². The Balaban J connectivity index is 0.000000251. The molecule has 0 spiro atoms.